The number of benzene rings is 1. The van der Waals surface area contributed by atoms with Crippen LogP contribution >= 0.6 is 0 Å². The third kappa shape index (κ3) is 7.25. The Morgan fingerprint density at radius 3 is 2.61 bits per heavy atom. The standard InChI is InChI=1S/C30H40N6/c1-7-23(20-36(5)6)24-12-11-13-25(17-24)28-33-19-27(26(18-32-4)16-22(2)3)29(35-28)34-21-30(31)14-9-8-10-15-30/h7,11-13,16-20H,1-2,8-10,14-15,21,31H2,3-6H3,(H,33,34,35)/b23-20+,26-16+,32-18-. The Kier molecular flexibility index (Phi) is 9.37. The second kappa shape index (κ2) is 12.5. The Labute approximate surface area is 216 Å². The van der Waals surface area contributed by atoms with Gasteiger partial charge in [0.05, 0.1) is 0 Å². The van der Waals surface area contributed by atoms with Crippen molar-refractivity contribution < 1.29 is 0 Å². The number of rotatable bonds is 10. The van der Waals surface area contributed by atoms with Crippen molar-refractivity contribution in [1.29, 1.82) is 0 Å². The van der Waals surface area contributed by atoms with Gasteiger partial charge in [0.15, 0.2) is 5.82 Å². The van der Waals surface area contributed by atoms with Gasteiger partial charge in [-0.1, -0.05) is 68.3 Å². The number of nitrogens with one attached hydrogen (secondary N) is 1. The monoisotopic (exact) mass is 484 g/mol. The number of nitrogens with zero attached hydrogens (tertiary/aromatic N) is 4. The largest absolute Gasteiger partial charge is 0.383 e. The Morgan fingerprint density at radius 2 is 1.97 bits per heavy atom. The van der Waals surface area contributed by atoms with Crippen LogP contribution in [0.25, 0.3) is 22.5 Å². The van der Waals surface area contributed by atoms with E-state index in [9.17, 15) is 0 Å². The Bertz CT molecular complexity index is 1170. The maximum absolute atomic E-state index is 6.75. The summed E-state index contributed by atoms with van der Waals surface area (Å²) in [7, 11) is 5.76. The molecule has 2 aromatic rings. The fourth-order valence-electron chi connectivity index (χ4n) is 4.51. The maximum atomic E-state index is 6.75. The van der Waals surface area contributed by atoms with E-state index in [2.05, 4.69) is 35.6 Å². The fourth-order valence-corrected chi connectivity index (χ4v) is 4.51. The van der Waals surface area contributed by atoms with Gasteiger partial charge >= 0.3 is 0 Å². The molecule has 0 aliphatic heterocycles. The SMILES string of the molecule is C=C/C(=C\N(C)C)c1cccc(-c2ncc(C(/C=N\C)=C/C(=C)C)c(NCC3(N)CCCCC3)n2)c1. The van der Waals surface area contributed by atoms with Crippen LogP contribution in [0.2, 0.25) is 0 Å². The molecule has 6 nitrogen and oxygen atoms in total. The van der Waals surface area contributed by atoms with Crippen molar-refractivity contribution in [3.8, 4) is 11.4 Å². The molecule has 3 rings (SSSR count). The van der Waals surface area contributed by atoms with E-state index in [1.807, 2.05) is 68.8 Å². The zero-order chi connectivity index (χ0) is 26.1. The van der Waals surface area contributed by atoms with Gasteiger partial charge in [0.2, 0.25) is 0 Å². The Morgan fingerprint density at radius 1 is 1.22 bits per heavy atom. The summed E-state index contributed by atoms with van der Waals surface area (Å²) in [5.41, 5.74) is 12.3. The van der Waals surface area contributed by atoms with E-state index in [0.29, 0.717) is 12.4 Å². The van der Waals surface area contributed by atoms with Crippen molar-refractivity contribution >= 4 is 23.2 Å². The van der Waals surface area contributed by atoms with Crippen LogP contribution in [0.5, 0.6) is 0 Å². The van der Waals surface area contributed by atoms with Gasteiger partial charge < -0.3 is 16.0 Å². The highest BCUT2D eigenvalue weighted by atomic mass is 15.1. The summed E-state index contributed by atoms with van der Waals surface area (Å²) in [6.07, 6.45) is 15.2. The topological polar surface area (TPSA) is 79.4 Å². The van der Waals surface area contributed by atoms with Crippen LogP contribution < -0.4 is 11.1 Å². The Balaban J connectivity index is 2.05. The molecule has 3 N–H and O–H groups in total. The summed E-state index contributed by atoms with van der Waals surface area (Å²) in [4.78, 5) is 16.0. The average Bonchev–Trinajstić information content (AvgIpc) is 2.86. The summed E-state index contributed by atoms with van der Waals surface area (Å²) in [6, 6.07) is 8.22. The summed E-state index contributed by atoms with van der Waals surface area (Å²) < 4.78 is 0. The molecule has 1 aliphatic carbocycles. The first-order chi connectivity index (χ1) is 17.2. The van der Waals surface area contributed by atoms with Gasteiger partial charge in [-0.05, 0) is 37.0 Å². The van der Waals surface area contributed by atoms with E-state index >= 15 is 0 Å². The van der Waals surface area contributed by atoms with Crippen LogP contribution in [0, 0.1) is 0 Å². The van der Waals surface area contributed by atoms with Crippen molar-refractivity contribution in [3.63, 3.8) is 0 Å². The van der Waals surface area contributed by atoms with E-state index in [0.717, 1.165) is 52.1 Å². The minimum absolute atomic E-state index is 0.229. The highest BCUT2D eigenvalue weighted by molar-refractivity contribution is 6.12. The third-order valence-corrected chi connectivity index (χ3v) is 6.30. The molecule has 0 amide bonds. The van der Waals surface area contributed by atoms with Crippen molar-refractivity contribution in [1.82, 2.24) is 14.9 Å². The second-order valence-corrected chi connectivity index (χ2v) is 9.90. The molecule has 0 radical (unpaired) electrons. The fraction of sp³-hybridized carbons (Fsp3) is 0.367. The number of nitrogens with two attached hydrogens (primary N) is 1. The second-order valence-electron chi connectivity index (χ2n) is 9.90. The highest BCUT2D eigenvalue weighted by Gasteiger charge is 2.27. The lowest BCUT2D eigenvalue weighted by Gasteiger charge is -2.34. The number of allylic oxidation sites excluding steroid dienone is 5. The van der Waals surface area contributed by atoms with Gasteiger partial charge in [-0.3, -0.25) is 4.99 Å². The van der Waals surface area contributed by atoms with Crippen LogP contribution in [0.3, 0.4) is 0 Å². The molecule has 1 fully saturated rings. The molecule has 1 aliphatic rings. The molecular weight excluding hydrogens is 444 g/mol. The summed E-state index contributed by atoms with van der Waals surface area (Å²) in [6.45, 7) is 10.7. The molecule has 1 aromatic carbocycles. The highest BCUT2D eigenvalue weighted by Crippen LogP contribution is 2.30. The van der Waals surface area contributed by atoms with Crippen LogP contribution in [0.15, 0.2) is 72.5 Å². The molecule has 0 atom stereocenters. The zero-order valence-electron chi connectivity index (χ0n) is 22.2. The van der Waals surface area contributed by atoms with Crippen LogP contribution in [-0.2, 0) is 0 Å². The van der Waals surface area contributed by atoms with E-state index < -0.39 is 0 Å². The summed E-state index contributed by atoms with van der Waals surface area (Å²) >= 11 is 0. The molecule has 36 heavy (non-hydrogen) atoms. The molecule has 1 aromatic heterocycles. The van der Waals surface area contributed by atoms with Gasteiger partial charge in [0.1, 0.15) is 5.82 Å². The number of hydrogen-bond acceptors (Lipinski definition) is 6. The molecule has 1 saturated carbocycles. The van der Waals surface area contributed by atoms with E-state index in [4.69, 9.17) is 15.7 Å². The van der Waals surface area contributed by atoms with Gasteiger partial charge in [-0.25, -0.2) is 9.97 Å². The summed E-state index contributed by atoms with van der Waals surface area (Å²) in [5, 5.41) is 3.58. The minimum atomic E-state index is -0.229. The predicted octanol–water partition coefficient (Wildman–Crippen LogP) is 5.97. The van der Waals surface area contributed by atoms with Gasteiger partial charge in [0.25, 0.3) is 0 Å². The first-order valence-electron chi connectivity index (χ1n) is 12.6. The first kappa shape index (κ1) is 27.1. The molecule has 1 heterocycles. The lowest BCUT2D eigenvalue weighted by molar-refractivity contribution is 0.311. The molecule has 190 valence electrons. The minimum Gasteiger partial charge on any atom is -0.383 e. The normalized spacial score (nSPS) is 16.1. The smallest absolute Gasteiger partial charge is 0.161 e. The van der Waals surface area contributed by atoms with Crippen LogP contribution in [-0.4, -0.2) is 54.3 Å². The molecule has 6 heteroatoms. The lowest BCUT2D eigenvalue weighted by atomic mass is 9.82. The van der Waals surface area contributed by atoms with E-state index in [-0.39, 0.29) is 5.54 Å². The number of aliphatic imine (C=N–C) groups is 1. The van der Waals surface area contributed by atoms with Crippen molar-refractivity contribution in [3.05, 3.63) is 78.7 Å². The Hall–Kier alpha value is -3.51. The van der Waals surface area contributed by atoms with Crippen molar-refractivity contribution in [2.45, 2.75) is 44.6 Å². The van der Waals surface area contributed by atoms with Crippen LogP contribution in [0.1, 0.15) is 50.2 Å². The predicted molar refractivity (Wildman–Crippen MR) is 155 cm³/mol. The van der Waals surface area contributed by atoms with Gasteiger partial charge in [-0.2, -0.15) is 0 Å². The molecule has 0 spiro atoms. The number of hydrogen-bond donors (Lipinski definition) is 2. The number of aromatic nitrogens is 2. The quantitative estimate of drug-likeness (QED) is 0.321. The van der Waals surface area contributed by atoms with Gasteiger partial charge in [-0.15, -0.1) is 0 Å². The van der Waals surface area contributed by atoms with Crippen molar-refractivity contribution in [2.24, 2.45) is 10.7 Å². The third-order valence-electron chi connectivity index (χ3n) is 6.30. The first-order valence-corrected chi connectivity index (χ1v) is 12.6. The average molecular weight is 485 g/mol. The summed E-state index contributed by atoms with van der Waals surface area (Å²) in [5.74, 6) is 1.40. The van der Waals surface area contributed by atoms with Crippen LogP contribution in [0.4, 0.5) is 5.82 Å². The van der Waals surface area contributed by atoms with E-state index in [1.54, 1.807) is 7.05 Å². The molecule has 0 saturated heterocycles. The number of anilines is 1. The molecular formula is C30H40N6. The van der Waals surface area contributed by atoms with E-state index in [1.165, 1.54) is 19.3 Å². The van der Waals surface area contributed by atoms with Crippen molar-refractivity contribution in [2.75, 3.05) is 33.0 Å². The molecule has 0 unspecified atom stereocenters. The lowest BCUT2D eigenvalue weighted by Crippen LogP contribution is -2.47. The molecule has 0 bridgehead atoms. The van der Waals surface area contributed by atoms with Gasteiger partial charge in [0, 0.05) is 68.5 Å². The maximum Gasteiger partial charge on any atom is 0.161 e. The zero-order valence-corrected chi connectivity index (χ0v) is 22.2.